The SMILES string of the molecule is NS(=O)(=O)c1ccc2c(c1)N(C[C@@H]1CC[C@H]1COc1cncc(CC(=O)O)c1)Cc1ccc(Cl)cc1CCCCO2. The first-order chi connectivity index (χ1) is 19.7. The number of aliphatic carboxylic acids is 1. The minimum absolute atomic E-state index is 0.0401. The molecule has 0 spiro atoms. The lowest BCUT2D eigenvalue weighted by molar-refractivity contribution is -0.136. The van der Waals surface area contributed by atoms with Gasteiger partial charge < -0.3 is 19.5 Å². The zero-order valence-electron chi connectivity index (χ0n) is 22.7. The maximum Gasteiger partial charge on any atom is 0.307 e. The Balaban J connectivity index is 1.41. The number of hydrogen-bond acceptors (Lipinski definition) is 7. The number of aryl methyl sites for hydroxylation is 1. The number of carbonyl (C=O) groups is 1. The largest absolute Gasteiger partial charge is 0.492 e. The molecule has 1 saturated carbocycles. The van der Waals surface area contributed by atoms with E-state index in [2.05, 4.69) is 9.88 Å². The van der Waals surface area contributed by atoms with Gasteiger partial charge in [0.15, 0.2) is 0 Å². The first-order valence-electron chi connectivity index (χ1n) is 13.8. The van der Waals surface area contributed by atoms with Gasteiger partial charge in [-0.05, 0) is 97.0 Å². The van der Waals surface area contributed by atoms with E-state index in [1.807, 2.05) is 18.2 Å². The molecule has 0 amide bonds. The first kappa shape index (κ1) is 29.2. The highest BCUT2D eigenvalue weighted by atomic mass is 35.5. The second-order valence-electron chi connectivity index (χ2n) is 10.8. The number of primary sulfonamides is 1. The van der Waals surface area contributed by atoms with Crippen molar-refractivity contribution < 1.29 is 27.8 Å². The molecule has 1 aromatic heterocycles. The van der Waals surface area contributed by atoms with Crippen LogP contribution in [0.15, 0.2) is 59.8 Å². The summed E-state index contributed by atoms with van der Waals surface area (Å²) in [5.74, 6) is 0.816. The summed E-state index contributed by atoms with van der Waals surface area (Å²) < 4.78 is 36.8. The Hall–Kier alpha value is -3.34. The minimum atomic E-state index is -3.91. The van der Waals surface area contributed by atoms with Crippen LogP contribution in [0.5, 0.6) is 11.5 Å². The molecule has 0 unspecified atom stereocenters. The summed E-state index contributed by atoms with van der Waals surface area (Å²) in [6.45, 7) is 2.21. The van der Waals surface area contributed by atoms with E-state index in [9.17, 15) is 13.2 Å². The van der Waals surface area contributed by atoms with Crippen LogP contribution in [-0.2, 0) is 34.2 Å². The quantitative estimate of drug-likeness (QED) is 0.376. The number of nitrogens with two attached hydrogens (primary N) is 1. The third-order valence-electron chi connectivity index (χ3n) is 7.85. The van der Waals surface area contributed by atoms with E-state index in [-0.39, 0.29) is 23.2 Å². The van der Waals surface area contributed by atoms with Gasteiger partial charge in [0.1, 0.15) is 11.5 Å². The molecule has 2 atom stereocenters. The van der Waals surface area contributed by atoms with Gasteiger partial charge in [-0.25, -0.2) is 13.6 Å². The lowest BCUT2D eigenvalue weighted by atomic mass is 9.73. The van der Waals surface area contributed by atoms with Gasteiger partial charge >= 0.3 is 5.97 Å². The average molecular weight is 600 g/mol. The summed E-state index contributed by atoms with van der Waals surface area (Å²) in [5.41, 5.74) is 3.59. The number of pyridine rings is 1. The number of carboxylic acids is 1. The van der Waals surface area contributed by atoms with Crippen LogP contribution in [0.25, 0.3) is 0 Å². The maximum atomic E-state index is 12.3. The van der Waals surface area contributed by atoms with Gasteiger partial charge in [-0.3, -0.25) is 9.78 Å². The topological polar surface area (TPSA) is 132 Å². The molecule has 3 aromatic rings. The smallest absolute Gasteiger partial charge is 0.307 e. The van der Waals surface area contributed by atoms with Crippen molar-refractivity contribution in [2.75, 3.05) is 24.7 Å². The Morgan fingerprint density at radius 1 is 1.10 bits per heavy atom. The van der Waals surface area contributed by atoms with Gasteiger partial charge in [-0.2, -0.15) is 0 Å². The molecule has 3 N–H and O–H groups in total. The highest BCUT2D eigenvalue weighted by Crippen LogP contribution is 2.40. The van der Waals surface area contributed by atoms with Crippen LogP contribution >= 0.6 is 11.6 Å². The van der Waals surface area contributed by atoms with Crippen molar-refractivity contribution in [1.82, 2.24) is 4.98 Å². The number of rotatable bonds is 8. The van der Waals surface area contributed by atoms with Crippen LogP contribution in [-0.4, -0.2) is 44.2 Å². The third-order valence-corrected chi connectivity index (χ3v) is 8.99. The zero-order valence-corrected chi connectivity index (χ0v) is 24.2. The van der Waals surface area contributed by atoms with Gasteiger partial charge in [0.05, 0.1) is 36.4 Å². The molecular weight excluding hydrogens is 566 g/mol. The number of ether oxygens (including phenoxy) is 2. The number of aromatic nitrogens is 1. The Kier molecular flexibility index (Phi) is 9.01. The number of halogens is 1. The molecule has 0 bridgehead atoms. The van der Waals surface area contributed by atoms with Crippen molar-refractivity contribution in [2.45, 2.75) is 50.0 Å². The Labute approximate surface area is 245 Å². The standard InChI is InChI=1S/C30H34ClN3O6S/c31-25-7-6-22-17-34(18-23-4-5-24(23)19-40-26-11-20(12-30(35)36)15-33-16-26)28-14-27(41(32,37)38)8-9-29(28)39-10-2-1-3-21(22)13-25/h6-9,11,13-16,23-24H,1-5,10,12,17-19H2,(H,35,36)(H2,32,37,38)/t23-,24-/m0/s1. The summed E-state index contributed by atoms with van der Waals surface area (Å²) in [6, 6.07) is 12.5. The Morgan fingerprint density at radius 2 is 1.93 bits per heavy atom. The molecular formula is C30H34ClN3O6S. The summed E-state index contributed by atoms with van der Waals surface area (Å²) in [4.78, 5) is 17.4. The molecule has 0 radical (unpaired) electrons. The fourth-order valence-electron chi connectivity index (χ4n) is 5.48. The molecule has 41 heavy (non-hydrogen) atoms. The molecule has 2 heterocycles. The highest BCUT2D eigenvalue weighted by Gasteiger charge is 2.34. The lowest BCUT2D eigenvalue weighted by Gasteiger charge is -2.41. The van der Waals surface area contributed by atoms with E-state index < -0.39 is 16.0 Å². The molecule has 1 aliphatic heterocycles. The number of sulfonamides is 1. The summed E-state index contributed by atoms with van der Waals surface area (Å²) in [5, 5.41) is 15.3. The van der Waals surface area contributed by atoms with E-state index in [0.717, 1.165) is 37.7 Å². The predicted molar refractivity (Wildman–Crippen MR) is 156 cm³/mol. The van der Waals surface area contributed by atoms with Gasteiger partial charge in [-0.1, -0.05) is 17.7 Å². The van der Waals surface area contributed by atoms with E-state index in [0.29, 0.717) is 54.1 Å². The molecule has 218 valence electrons. The molecule has 1 fully saturated rings. The van der Waals surface area contributed by atoms with E-state index in [1.54, 1.807) is 24.4 Å². The second kappa shape index (κ2) is 12.7. The van der Waals surface area contributed by atoms with Crippen molar-refractivity contribution in [1.29, 1.82) is 0 Å². The first-order valence-corrected chi connectivity index (χ1v) is 15.7. The van der Waals surface area contributed by atoms with Gasteiger partial charge in [-0.15, -0.1) is 0 Å². The number of hydrogen-bond donors (Lipinski definition) is 2. The molecule has 5 rings (SSSR count). The zero-order chi connectivity index (χ0) is 29.0. The number of anilines is 1. The fourth-order valence-corrected chi connectivity index (χ4v) is 6.20. The fraction of sp³-hybridized carbons (Fsp3) is 0.400. The Bertz CT molecular complexity index is 1520. The third kappa shape index (κ3) is 7.49. The predicted octanol–water partition coefficient (Wildman–Crippen LogP) is 4.84. The van der Waals surface area contributed by atoms with Crippen LogP contribution in [0.4, 0.5) is 5.69 Å². The van der Waals surface area contributed by atoms with E-state index in [4.69, 9.17) is 31.3 Å². The van der Waals surface area contributed by atoms with Crippen LogP contribution in [0.3, 0.4) is 0 Å². The number of nitrogens with zero attached hydrogens (tertiary/aromatic N) is 2. The number of carboxylic acid groups (broad SMARTS) is 1. The lowest BCUT2D eigenvalue weighted by Crippen LogP contribution is -2.40. The van der Waals surface area contributed by atoms with Crippen molar-refractivity contribution >= 4 is 33.3 Å². The minimum Gasteiger partial charge on any atom is -0.492 e. The normalized spacial score (nSPS) is 19.1. The van der Waals surface area contributed by atoms with Crippen LogP contribution in [0, 0.1) is 11.8 Å². The number of fused-ring (bicyclic) bond motifs is 2. The van der Waals surface area contributed by atoms with Gasteiger partial charge in [0.25, 0.3) is 0 Å². The second-order valence-corrected chi connectivity index (χ2v) is 12.8. The van der Waals surface area contributed by atoms with Crippen molar-refractivity contribution in [3.05, 3.63) is 76.6 Å². The highest BCUT2D eigenvalue weighted by molar-refractivity contribution is 7.89. The molecule has 11 heteroatoms. The summed E-state index contributed by atoms with van der Waals surface area (Å²) >= 11 is 6.35. The average Bonchev–Trinajstić information content (AvgIpc) is 2.93. The van der Waals surface area contributed by atoms with Crippen LogP contribution in [0.1, 0.15) is 42.4 Å². The van der Waals surface area contributed by atoms with Gasteiger partial charge in [0, 0.05) is 24.3 Å². The molecule has 9 nitrogen and oxygen atoms in total. The molecule has 0 saturated heterocycles. The monoisotopic (exact) mass is 599 g/mol. The van der Waals surface area contributed by atoms with Crippen molar-refractivity contribution in [2.24, 2.45) is 17.0 Å². The summed E-state index contributed by atoms with van der Waals surface area (Å²) in [7, 11) is -3.91. The van der Waals surface area contributed by atoms with E-state index in [1.165, 1.54) is 17.8 Å². The number of benzene rings is 2. The van der Waals surface area contributed by atoms with Crippen LogP contribution < -0.4 is 19.5 Å². The maximum absolute atomic E-state index is 12.3. The summed E-state index contributed by atoms with van der Waals surface area (Å²) in [6.07, 6.45) is 7.68. The Morgan fingerprint density at radius 3 is 2.68 bits per heavy atom. The van der Waals surface area contributed by atoms with Crippen molar-refractivity contribution in [3.63, 3.8) is 0 Å². The molecule has 2 aliphatic rings. The molecule has 2 aromatic carbocycles. The van der Waals surface area contributed by atoms with E-state index >= 15 is 0 Å². The molecule has 1 aliphatic carbocycles. The van der Waals surface area contributed by atoms with Crippen LogP contribution in [0.2, 0.25) is 5.02 Å². The van der Waals surface area contributed by atoms with Crippen molar-refractivity contribution in [3.8, 4) is 11.5 Å². The van der Waals surface area contributed by atoms with Gasteiger partial charge in [0.2, 0.25) is 10.0 Å².